The Morgan fingerprint density at radius 1 is 0.889 bits per heavy atom. The fourth-order valence-corrected chi connectivity index (χ4v) is 6.75. The van der Waals surface area contributed by atoms with E-state index in [1.165, 1.54) is 18.4 Å². The molecule has 1 aliphatic carbocycles. The lowest BCUT2D eigenvalue weighted by Crippen LogP contribution is -2.51. The monoisotopic (exact) mass is 521 g/mol. The van der Waals surface area contributed by atoms with Crippen molar-refractivity contribution in [3.8, 4) is 0 Å². The number of piperazine rings is 1. The highest BCUT2D eigenvalue weighted by Gasteiger charge is 2.41. The second-order valence-corrected chi connectivity index (χ2v) is 11.2. The number of rotatable bonds is 5. The highest BCUT2D eigenvalue weighted by atomic mass is 35.5. The van der Waals surface area contributed by atoms with Crippen molar-refractivity contribution >= 4 is 38.3 Å². The van der Waals surface area contributed by atoms with Gasteiger partial charge in [-0.15, -0.1) is 0 Å². The van der Waals surface area contributed by atoms with Gasteiger partial charge in [0.1, 0.15) is 0 Å². The Morgan fingerprint density at radius 3 is 2.25 bits per heavy atom. The first-order valence-corrected chi connectivity index (χ1v) is 13.6. The number of halogens is 1. The van der Waals surface area contributed by atoms with Gasteiger partial charge in [-0.1, -0.05) is 48.0 Å². The maximum Gasteiger partial charge on any atom is 0.289 e. The first-order valence-electron chi connectivity index (χ1n) is 11.8. The van der Waals surface area contributed by atoms with Crippen LogP contribution < -0.4 is 4.72 Å². The van der Waals surface area contributed by atoms with E-state index in [0.717, 1.165) is 21.9 Å². The number of hydrogen-bond acceptors (Lipinski definition) is 5. The molecule has 0 bridgehead atoms. The van der Waals surface area contributed by atoms with E-state index in [0.29, 0.717) is 37.0 Å². The molecule has 0 saturated carbocycles. The average molecular weight is 522 g/mol. The van der Waals surface area contributed by atoms with Gasteiger partial charge in [-0.25, -0.2) is 13.1 Å². The molecule has 3 aromatic carbocycles. The highest BCUT2D eigenvalue weighted by Crippen LogP contribution is 2.47. The molecule has 4 aromatic rings. The maximum atomic E-state index is 13.4. The van der Waals surface area contributed by atoms with E-state index >= 15 is 0 Å². The number of amides is 1. The van der Waals surface area contributed by atoms with Crippen LogP contribution in [0.2, 0.25) is 5.02 Å². The SMILES string of the molecule is O=C(c1ccco1)N1CCN([C@H]2c3cccc4cccc(c34)[C@@H]2NS(=O)(=O)c2ccc(Cl)cc2)CC1. The van der Waals surface area contributed by atoms with Crippen molar-refractivity contribution in [1.82, 2.24) is 14.5 Å². The number of nitrogens with one attached hydrogen (secondary N) is 1. The summed E-state index contributed by atoms with van der Waals surface area (Å²) in [5.74, 6) is 0.201. The molecule has 1 aliphatic heterocycles. The third-order valence-electron chi connectivity index (χ3n) is 7.07. The van der Waals surface area contributed by atoms with E-state index in [1.807, 2.05) is 18.2 Å². The summed E-state index contributed by atoms with van der Waals surface area (Å²) < 4.78 is 35.2. The topological polar surface area (TPSA) is 82.9 Å². The summed E-state index contributed by atoms with van der Waals surface area (Å²) in [6, 6.07) is 21.0. The normalized spacial score (nSPS) is 20.2. The second kappa shape index (κ2) is 9.05. The van der Waals surface area contributed by atoms with Crippen molar-refractivity contribution in [2.75, 3.05) is 26.2 Å². The first kappa shape index (κ1) is 23.2. The van der Waals surface area contributed by atoms with E-state index in [4.69, 9.17) is 16.0 Å². The van der Waals surface area contributed by atoms with Gasteiger partial charge in [0.25, 0.3) is 5.91 Å². The molecule has 2 atom stereocenters. The van der Waals surface area contributed by atoms with Crippen molar-refractivity contribution in [3.05, 3.63) is 101 Å². The zero-order chi connectivity index (χ0) is 24.9. The Labute approximate surface area is 214 Å². The van der Waals surface area contributed by atoms with Gasteiger partial charge in [0.15, 0.2) is 5.76 Å². The van der Waals surface area contributed by atoms with Crippen LogP contribution in [0.15, 0.2) is 88.4 Å². The van der Waals surface area contributed by atoms with Crippen LogP contribution in [-0.2, 0) is 10.0 Å². The molecule has 184 valence electrons. The van der Waals surface area contributed by atoms with Crippen LogP contribution >= 0.6 is 11.6 Å². The molecule has 7 nitrogen and oxygen atoms in total. The number of carbonyl (C=O) groups excluding carboxylic acids is 1. The van der Waals surface area contributed by atoms with Crippen LogP contribution in [0.1, 0.15) is 33.8 Å². The summed E-state index contributed by atoms with van der Waals surface area (Å²) in [7, 11) is -3.81. The van der Waals surface area contributed by atoms with Crippen LogP contribution in [-0.4, -0.2) is 50.3 Å². The molecule has 1 saturated heterocycles. The maximum absolute atomic E-state index is 13.4. The summed E-state index contributed by atoms with van der Waals surface area (Å²) in [6.07, 6.45) is 1.50. The van der Waals surface area contributed by atoms with Gasteiger partial charge in [0, 0.05) is 31.2 Å². The molecule has 2 heterocycles. The Balaban J connectivity index is 1.32. The van der Waals surface area contributed by atoms with E-state index in [1.54, 1.807) is 29.2 Å². The van der Waals surface area contributed by atoms with Gasteiger partial charge < -0.3 is 9.32 Å². The van der Waals surface area contributed by atoms with Gasteiger partial charge in [-0.2, -0.15) is 0 Å². The summed E-state index contributed by atoms with van der Waals surface area (Å²) in [6.45, 7) is 2.28. The lowest BCUT2D eigenvalue weighted by Gasteiger charge is -2.40. The molecule has 0 radical (unpaired) electrons. The van der Waals surface area contributed by atoms with Gasteiger partial charge in [0.2, 0.25) is 10.0 Å². The van der Waals surface area contributed by atoms with Crippen LogP contribution in [0.25, 0.3) is 10.8 Å². The largest absolute Gasteiger partial charge is 0.459 e. The van der Waals surface area contributed by atoms with Crippen molar-refractivity contribution in [2.45, 2.75) is 17.0 Å². The molecule has 1 N–H and O–H groups in total. The minimum absolute atomic E-state index is 0.128. The molecule has 6 rings (SSSR count). The zero-order valence-corrected chi connectivity index (χ0v) is 20.9. The van der Waals surface area contributed by atoms with Crippen LogP contribution in [0.3, 0.4) is 0 Å². The molecule has 9 heteroatoms. The summed E-state index contributed by atoms with van der Waals surface area (Å²) in [5, 5.41) is 2.64. The fraction of sp³-hybridized carbons (Fsp3) is 0.222. The van der Waals surface area contributed by atoms with Crippen molar-refractivity contribution < 1.29 is 17.6 Å². The number of benzene rings is 3. The third-order valence-corrected chi connectivity index (χ3v) is 8.78. The predicted octanol–water partition coefficient (Wildman–Crippen LogP) is 4.62. The standard InChI is InChI=1S/C27H24ClN3O4S/c28-19-9-11-20(12-10-19)36(33,34)29-25-21-6-1-4-18-5-2-7-22(24(18)21)26(25)30-13-15-31(16-14-30)27(32)23-8-3-17-35-23/h1-12,17,25-26,29H,13-16H2/t25-,26-/m0/s1. The van der Waals surface area contributed by atoms with Gasteiger partial charge >= 0.3 is 0 Å². The second-order valence-electron chi connectivity index (χ2n) is 9.10. The number of nitrogens with zero attached hydrogens (tertiary/aromatic N) is 2. The third kappa shape index (κ3) is 4.00. The van der Waals surface area contributed by atoms with E-state index in [-0.39, 0.29) is 16.8 Å². The van der Waals surface area contributed by atoms with Crippen molar-refractivity contribution in [1.29, 1.82) is 0 Å². The highest BCUT2D eigenvalue weighted by molar-refractivity contribution is 7.89. The van der Waals surface area contributed by atoms with Crippen LogP contribution in [0.5, 0.6) is 0 Å². The number of sulfonamides is 1. The summed E-state index contributed by atoms with van der Waals surface area (Å²) in [5.41, 5.74) is 2.05. The van der Waals surface area contributed by atoms with Crippen LogP contribution in [0.4, 0.5) is 0 Å². The predicted molar refractivity (Wildman–Crippen MR) is 137 cm³/mol. The van der Waals surface area contributed by atoms with Gasteiger partial charge in [0.05, 0.1) is 23.2 Å². The fourth-order valence-electron chi connectivity index (χ4n) is 5.40. The Morgan fingerprint density at radius 2 is 1.58 bits per heavy atom. The Bertz CT molecular complexity index is 1520. The molecule has 1 aromatic heterocycles. The lowest BCUT2D eigenvalue weighted by atomic mass is 10.0. The molecule has 0 unspecified atom stereocenters. The summed E-state index contributed by atoms with van der Waals surface area (Å²) in [4.78, 5) is 17.0. The lowest BCUT2D eigenvalue weighted by molar-refractivity contribution is 0.0512. The van der Waals surface area contributed by atoms with Crippen LogP contribution in [0, 0.1) is 0 Å². The quantitative estimate of drug-likeness (QED) is 0.414. The molecule has 1 amide bonds. The Hall–Kier alpha value is -3.17. The zero-order valence-electron chi connectivity index (χ0n) is 19.3. The molecular weight excluding hydrogens is 498 g/mol. The first-order chi connectivity index (χ1) is 17.4. The van der Waals surface area contributed by atoms with Crippen molar-refractivity contribution in [3.63, 3.8) is 0 Å². The Kier molecular flexibility index (Phi) is 5.84. The van der Waals surface area contributed by atoms with E-state index in [2.05, 4.69) is 27.8 Å². The molecule has 36 heavy (non-hydrogen) atoms. The smallest absolute Gasteiger partial charge is 0.289 e. The number of carbonyl (C=O) groups is 1. The molecular formula is C27H24ClN3O4S. The minimum Gasteiger partial charge on any atom is -0.459 e. The van der Waals surface area contributed by atoms with Gasteiger partial charge in [-0.05, 0) is 58.3 Å². The van der Waals surface area contributed by atoms with Crippen molar-refractivity contribution in [2.24, 2.45) is 0 Å². The molecule has 0 spiro atoms. The van der Waals surface area contributed by atoms with Gasteiger partial charge in [-0.3, -0.25) is 9.69 Å². The summed E-state index contributed by atoms with van der Waals surface area (Å²) >= 11 is 5.98. The minimum atomic E-state index is -3.81. The molecule has 2 aliphatic rings. The van der Waals surface area contributed by atoms with E-state index < -0.39 is 16.1 Å². The van der Waals surface area contributed by atoms with E-state index in [9.17, 15) is 13.2 Å². The number of hydrogen-bond donors (Lipinski definition) is 1. The average Bonchev–Trinajstić information content (AvgIpc) is 3.53. The molecule has 1 fully saturated rings. The number of furan rings is 1.